The van der Waals surface area contributed by atoms with Crippen molar-refractivity contribution < 1.29 is 23.8 Å². The van der Waals surface area contributed by atoms with Gasteiger partial charge in [-0.25, -0.2) is 14.8 Å². The maximum Gasteiger partial charge on any atom is 0.407 e. The molecule has 2 amide bonds. The molecule has 5 aromatic rings. The second-order valence-electron chi connectivity index (χ2n) is 14.3. The molecule has 0 saturated carbocycles. The quantitative estimate of drug-likeness (QED) is 0.129. The van der Waals surface area contributed by atoms with Crippen LogP contribution in [0.5, 0.6) is 5.75 Å². The van der Waals surface area contributed by atoms with E-state index in [1.807, 2.05) is 24.9 Å². The molecule has 4 heterocycles. The number of aryl methyl sites for hydroxylation is 1. The van der Waals surface area contributed by atoms with Crippen molar-refractivity contribution in [2.24, 2.45) is 11.8 Å². The molecule has 11 nitrogen and oxygen atoms in total. The third kappa shape index (κ3) is 6.67. The van der Waals surface area contributed by atoms with Gasteiger partial charge in [-0.2, -0.15) is 0 Å². The van der Waals surface area contributed by atoms with Gasteiger partial charge in [-0.3, -0.25) is 4.79 Å². The van der Waals surface area contributed by atoms with Gasteiger partial charge >= 0.3 is 6.09 Å². The lowest BCUT2D eigenvalue weighted by molar-refractivity contribution is -0.137. The van der Waals surface area contributed by atoms with Crippen LogP contribution in [0.4, 0.5) is 4.79 Å². The molecule has 2 aliphatic heterocycles. The molecule has 0 radical (unpaired) electrons. The summed E-state index contributed by atoms with van der Waals surface area (Å²) in [6, 6.07) is 14.1. The lowest BCUT2D eigenvalue weighted by Gasteiger charge is -2.33. The van der Waals surface area contributed by atoms with Gasteiger partial charge in [0.25, 0.3) is 0 Å². The summed E-state index contributed by atoms with van der Waals surface area (Å²) < 4.78 is 16.5. The molecule has 2 aromatic heterocycles. The van der Waals surface area contributed by atoms with E-state index in [2.05, 4.69) is 71.6 Å². The number of nitrogens with zero attached hydrogens (tertiary/aromatic N) is 3. The van der Waals surface area contributed by atoms with Crippen LogP contribution in [-0.2, 0) is 27.3 Å². The van der Waals surface area contributed by atoms with E-state index in [4.69, 9.17) is 24.2 Å². The van der Waals surface area contributed by atoms with Gasteiger partial charge < -0.3 is 34.4 Å². The number of H-pyrrole nitrogens is 2. The molecule has 51 heavy (non-hydrogen) atoms. The Bertz CT molecular complexity index is 2070. The number of amides is 2. The van der Waals surface area contributed by atoms with Crippen molar-refractivity contribution in [3.05, 3.63) is 65.9 Å². The first-order chi connectivity index (χ1) is 24.7. The summed E-state index contributed by atoms with van der Waals surface area (Å²) in [5.74, 6) is 2.91. The van der Waals surface area contributed by atoms with Gasteiger partial charge in [0.15, 0.2) is 0 Å². The van der Waals surface area contributed by atoms with Crippen LogP contribution in [0.1, 0.15) is 76.6 Å². The van der Waals surface area contributed by atoms with Crippen molar-refractivity contribution in [3.63, 3.8) is 0 Å². The number of ether oxygens (including phenoxy) is 3. The van der Waals surface area contributed by atoms with Crippen LogP contribution in [0, 0.1) is 11.8 Å². The molecule has 1 saturated heterocycles. The SMILES string of the molecule is CC[C@H](C)[C@H](NC(=O)OC)C(=O)N1[C@@H](C)CC[C@H]1c1ncc(-c2ccc3c(c2)COc2cc4c(ccc5nc(CC[C@@H](C)COC)[nH]c54)cc2-3)[nH]1. The number of carbonyl (C=O) groups is 2. The summed E-state index contributed by atoms with van der Waals surface area (Å²) >= 11 is 0. The van der Waals surface area contributed by atoms with Gasteiger partial charge in [0, 0.05) is 37.1 Å². The Morgan fingerprint density at radius 3 is 2.71 bits per heavy atom. The zero-order valence-electron chi connectivity index (χ0n) is 30.3. The second-order valence-corrected chi connectivity index (χ2v) is 14.3. The molecule has 3 N–H and O–H groups in total. The highest BCUT2D eigenvalue weighted by atomic mass is 16.5. The van der Waals surface area contributed by atoms with Gasteiger partial charge in [-0.05, 0) is 84.4 Å². The van der Waals surface area contributed by atoms with E-state index in [-0.39, 0.29) is 23.9 Å². The molecule has 0 unspecified atom stereocenters. The number of imidazole rings is 2. The Morgan fingerprint density at radius 1 is 1.08 bits per heavy atom. The van der Waals surface area contributed by atoms with Crippen molar-refractivity contribution in [2.45, 2.75) is 84.5 Å². The summed E-state index contributed by atoms with van der Waals surface area (Å²) in [5.41, 5.74) is 7.20. The fourth-order valence-corrected chi connectivity index (χ4v) is 7.69. The van der Waals surface area contributed by atoms with Crippen molar-refractivity contribution >= 4 is 33.8 Å². The summed E-state index contributed by atoms with van der Waals surface area (Å²) in [5, 5.41) is 5.01. The average molecular weight is 693 g/mol. The molecule has 1 fully saturated rings. The zero-order chi connectivity index (χ0) is 35.8. The van der Waals surface area contributed by atoms with Crippen LogP contribution in [0.15, 0.2) is 48.7 Å². The fraction of sp³-hybridized carbons (Fsp3) is 0.450. The first-order valence-electron chi connectivity index (χ1n) is 18.1. The Morgan fingerprint density at radius 2 is 1.92 bits per heavy atom. The zero-order valence-corrected chi connectivity index (χ0v) is 30.3. The molecular formula is C40H48N6O5. The third-order valence-corrected chi connectivity index (χ3v) is 10.8. The Balaban J connectivity index is 1.13. The predicted molar refractivity (Wildman–Crippen MR) is 197 cm³/mol. The van der Waals surface area contributed by atoms with E-state index in [0.717, 1.165) is 106 Å². The third-order valence-electron chi connectivity index (χ3n) is 10.8. The number of carbonyl (C=O) groups excluding carboxylic acids is 2. The maximum absolute atomic E-state index is 13.9. The van der Waals surface area contributed by atoms with Crippen LogP contribution >= 0.6 is 0 Å². The fourth-order valence-electron chi connectivity index (χ4n) is 7.69. The minimum atomic E-state index is -0.677. The molecule has 5 atom stereocenters. The number of rotatable bonds is 11. The van der Waals surface area contributed by atoms with E-state index in [9.17, 15) is 9.59 Å². The maximum atomic E-state index is 13.9. The Kier molecular flexibility index (Phi) is 9.74. The molecule has 268 valence electrons. The highest BCUT2D eigenvalue weighted by Crippen LogP contribution is 2.43. The van der Waals surface area contributed by atoms with Gasteiger partial charge in [-0.1, -0.05) is 45.4 Å². The van der Waals surface area contributed by atoms with Crippen molar-refractivity contribution in [3.8, 4) is 28.1 Å². The molecule has 3 aromatic carbocycles. The number of hydrogen-bond donors (Lipinski definition) is 3. The molecule has 0 aliphatic carbocycles. The normalized spacial score (nSPS) is 18.6. The van der Waals surface area contributed by atoms with Crippen LogP contribution in [-0.4, -0.2) is 69.7 Å². The monoisotopic (exact) mass is 692 g/mol. The molecule has 7 rings (SSSR count). The standard InChI is InChI=1S/C40H48N6O5/c1-7-23(3)36(45-40(48)50-6)39(47)46-24(4)9-14-33(46)38-41-19-32(43-38)26-10-12-28-27(16-26)21-51-34-18-29-25(17-30(28)34)11-13-31-37(29)44-35(42-31)15-8-22(2)20-49-5/h10-13,16-19,22-24,33,36H,7-9,14-15,20-21H2,1-6H3,(H,41,43)(H,42,44)(H,45,48)/t22-,23+,24+,33+,36+/m1/s1. The van der Waals surface area contributed by atoms with Crippen molar-refractivity contribution in [1.29, 1.82) is 0 Å². The van der Waals surface area contributed by atoms with Gasteiger partial charge in [0.1, 0.15) is 30.0 Å². The molecule has 11 heteroatoms. The number of alkyl carbamates (subject to hydrolysis) is 1. The largest absolute Gasteiger partial charge is 0.488 e. The number of aromatic nitrogens is 4. The van der Waals surface area contributed by atoms with Crippen LogP contribution in [0.3, 0.4) is 0 Å². The summed E-state index contributed by atoms with van der Waals surface area (Å²) in [7, 11) is 3.06. The van der Waals surface area contributed by atoms with E-state index in [0.29, 0.717) is 12.5 Å². The number of nitrogens with one attached hydrogen (secondary N) is 3. The van der Waals surface area contributed by atoms with Crippen LogP contribution in [0.25, 0.3) is 44.2 Å². The summed E-state index contributed by atoms with van der Waals surface area (Å²) in [6.07, 6.45) is 5.50. The number of fused-ring (bicyclic) bond motifs is 6. The predicted octanol–water partition coefficient (Wildman–Crippen LogP) is 7.70. The topological polar surface area (TPSA) is 134 Å². The van der Waals surface area contributed by atoms with Gasteiger partial charge in [0.05, 0.1) is 36.1 Å². The van der Waals surface area contributed by atoms with E-state index < -0.39 is 12.1 Å². The highest BCUT2D eigenvalue weighted by Gasteiger charge is 2.41. The second kappa shape index (κ2) is 14.4. The van der Waals surface area contributed by atoms with Gasteiger partial charge in [-0.15, -0.1) is 0 Å². The minimum Gasteiger partial charge on any atom is -0.488 e. The first-order valence-corrected chi connectivity index (χ1v) is 18.1. The molecule has 0 bridgehead atoms. The van der Waals surface area contributed by atoms with Crippen LogP contribution in [0.2, 0.25) is 0 Å². The molecular weight excluding hydrogens is 644 g/mol. The minimum absolute atomic E-state index is 0.0143. The van der Waals surface area contributed by atoms with Crippen molar-refractivity contribution in [2.75, 3.05) is 20.8 Å². The smallest absolute Gasteiger partial charge is 0.407 e. The number of methoxy groups -OCH3 is 2. The average Bonchev–Trinajstić information content (AvgIpc) is 3.90. The lowest BCUT2D eigenvalue weighted by atomic mass is 9.92. The van der Waals surface area contributed by atoms with E-state index in [1.54, 1.807) is 7.11 Å². The number of aromatic amines is 2. The Hall–Kier alpha value is -4.90. The number of hydrogen-bond acceptors (Lipinski definition) is 7. The summed E-state index contributed by atoms with van der Waals surface area (Å²) in [4.78, 5) is 44.7. The van der Waals surface area contributed by atoms with E-state index >= 15 is 0 Å². The molecule has 2 aliphatic rings. The van der Waals surface area contributed by atoms with Crippen LogP contribution < -0.4 is 10.1 Å². The lowest BCUT2D eigenvalue weighted by Crippen LogP contribution is -2.53. The van der Waals surface area contributed by atoms with E-state index in [1.165, 1.54) is 7.11 Å². The summed E-state index contributed by atoms with van der Waals surface area (Å²) in [6.45, 7) is 9.44. The first kappa shape index (κ1) is 34.5. The number of likely N-dealkylation sites (tertiary alicyclic amines) is 1. The highest BCUT2D eigenvalue weighted by molar-refractivity contribution is 6.07. The molecule has 0 spiro atoms. The Labute approximate surface area is 298 Å². The van der Waals surface area contributed by atoms with Gasteiger partial charge in [0.2, 0.25) is 5.91 Å². The number of benzene rings is 3. The van der Waals surface area contributed by atoms with Crippen molar-refractivity contribution in [1.82, 2.24) is 30.2 Å².